The van der Waals surface area contributed by atoms with Crippen molar-refractivity contribution < 1.29 is 26.8 Å². The first kappa shape index (κ1) is 20.5. The van der Waals surface area contributed by atoms with Crippen LogP contribution < -0.4 is 10.2 Å². The molecule has 0 bridgehead atoms. The largest absolute Gasteiger partial charge is 0.365 e. The number of sulfone groups is 1. The predicted octanol–water partition coefficient (Wildman–Crippen LogP) is 3.08. The molecule has 1 saturated heterocycles. The molecule has 10 heteroatoms. The summed E-state index contributed by atoms with van der Waals surface area (Å²) >= 11 is 0. The van der Waals surface area contributed by atoms with Crippen LogP contribution in [0.2, 0.25) is 0 Å². The molecule has 2 heterocycles. The van der Waals surface area contributed by atoms with Gasteiger partial charge in [-0.05, 0) is 37.5 Å². The van der Waals surface area contributed by atoms with Crippen LogP contribution in [0.5, 0.6) is 0 Å². The lowest BCUT2D eigenvalue weighted by Crippen LogP contribution is -2.43. The fourth-order valence-corrected chi connectivity index (χ4v) is 4.18. The molecule has 2 aliphatic heterocycles. The van der Waals surface area contributed by atoms with Crippen LogP contribution in [0.15, 0.2) is 41.4 Å². The Kier molecular flexibility index (Phi) is 5.13. The summed E-state index contributed by atoms with van der Waals surface area (Å²) in [6.07, 6.45) is 3.93. The maximum absolute atomic E-state index is 14.0. The monoisotopic (exact) mass is 437 g/mol. The quantitative estimate of drug-likeness (QED) is 0.782. The van der Waals surface area contributed by atoms with E-state index in [1.54, 1.807) is 6.07 Å². The van der Waals surface area contributed by atoms with Crippen LogP contribution >= 0.6 is 0 Å². The van der Waals surface area contributed by atoms with Crippen molar-refractivity contribution in [3.63, 3.8) is 0 Å². The van der Waals surface area contributed by atoms with Crippen LogP contribution in [0, 0.1) is 5.92 Å². The Morgan fingerprint density at radius 2 is 1.83 bits per heavy atom. The molecule has 0 atom stereocenters. The molecule has 3 aliphatic rings. The molecule has 7 nitrogen and oxygen atoms in total. The Hall–Kier alpha value is -2.75. The lowest BCUT2D eigenvalue weighted by molar-refractivity contribution is -0.117. The van der Waals surface area contributed by atoms with E-state index in [-0.39, 0.29) is 35.9 Å². The summed E-state index contributed by atoms with van der Waals surface area (Å²) in [5.41, 5.74) is 0.855. The number of piperidine rings is 1. The highest BCUT2D eigenvalue weighted by molar-refractivity contribution is 7.97. The Labute approximate surface area is 172 Å². The zero-order valence-electron chi connectivity index (χ0n) is 16.1. The molecule has 2 amide bonds. The Bertz CT molecular complexity index is 1030. The highest BCUT2D eigenvalue weighted by atomic mass is 32.2. The van der Waals surface area contributed by atoms with Crippen molar-refractivity contribution in [3.8, 4) is 0 Å². The third-order valence-electron chi connectivity index (χ3n) is 5.23. The van der Waals surface area contributed by atoms with Crippen molar-refractivity contribution in [1.82, 2.24) is 4.90 Å². The van der Waals surface area contributed by atoms with E-state index < -0.39 is 28.2 Å². The van der Waals surface area contributed by atoms with E-state index in [1.807, 2.05) is 0 Å². The van der Waals surface area contributed by atoms with Crippen LogP contribution in [-0.4, -0.2) is 44.1 Å². The molecule has 30 heavy (non-hydrogen) atoms. The molecular weight excluding hydrogens is 416 g/mol. The van der Waals surface area contributed by atoms with Gasteiger partial charge >= 0.3 is 0 Å². The lowest BCUT2D eigenvalue weighted by atomic mass is 10.0. The van der Waals surface area contributed by atoms with Crippen molar-refractivity contribution in [2.45, 2.75) is 31.6 Å². The summed E-state index contributed by atoms with van der Waals surface area (Å²) in [4.78, 5) is 27.6. The first-order valence-corrected chi connectivity index (χ1v) is 11.3. The van der Waals surface area contributed by atoms with E-state index in [0.29, 0.717) is 12.2 Å². The minimum Gasteiger partial charge on any atom is -0.365 e. The minimum absolute atomic E-state index is 0.0281. The van der Waals surface area contributed by atoms with Crippen molar-refractivity contribution in [2.24, 2.45) is 5.92 Å². The number of hydrogen-bond donors (Lipinski definition) is 1. The van der Waals surface area contributed by atoms with Gasteiger partial charge in [0.15, 0.2) is 9.84 Å². The van der Waals surface area contributed by atoms with Gasteiger partial charge < -0.3 is 10.2 Å². The standard InChI is InChI=1S/C20H21F2N3O4S/c21-20(22)6-1-7-25(13-20)17-12-15(23-18(26)14-2-3-14)4-5-16(17)19(27)24-8-10-30(28,29)11-9-24/h4-5,8-12,14H,1-3,6-7,13H2,(H,23,26). The molecular formula is C20H21F2N3O4S. The Balaban J connectivity index is 1.67. The summed E-state index contributed by atoms with van der Waals surface area (Å²) in [5, 5.41) is 4.56. The second kappa shape index (κ2) is 7.50. The van der Waals surface area contributed by atoms with E-state index in [4.69, 9.17) is 0 Å². The van der Waals surface area contributed by atoms with Crippen LogP contribution in [0.3, 0.4) is 0 Å². The number of rotatable bonds is 4. The highest BCUT2D eigenvalue weighted by Gasteiger charge is 2.37. The van der Waals surface area contributed by atoms with E-state index >= 15 is 0 Å². The number of nitrogens with one attached hydrogen (secondary N) is 1. The topological polar surface area (TPSA) is 86.8 Å². The van der Waals surface area contributed by atoms with Gasteiger partial charge in [0.05, 0.1) is 28.6 Å². The molecule has 0 spiro atoms. The van der Waals surface area contributed by atoms with Crippen molar-refractivity contribution >= 4 is 33.0 Å². The number of benzene rings is 1. The summed E-state index contributed by atoms with van der Waals surface area (Å²) in [5.74, 6) is -3.60. The predicted molar refractivity (Wildman–Crippen MR) is 108 cm³/mol. The fraction of sp³-hybridized carbons (Fsp3) is 0.400. The molecule has 1 aromatic rings. The zero-order chi connectivity index (χ0) is 21.5. The number of anilines is 2. The van der Waals surface area contributed by atoms with Crippen LogP contribution in [0.4, 0.5) is 20.2 Å². The molecule has 0 unspecified atom stereocenters. The molecule has 1 N–H and O–H groups in total. The number of alkyl halides is 2. The molecule has 1 aromatic carbocycles. The summed E-state index contributed by atoms with van der Waals surface area (Å²) in [6, 6.07) is 4.55. The fourth-order valence-electron chi connectivity index (χ4n) is 3.48. The summed E-state index contributed by atoms with van der Waals surface area (Å²) < 4.78 is 51.1. The number of halogens is 2. The SMILES string of the molecule is O=C(Nc1ccc(C(=O)N2C=CS(=O)(=O)C=C2)c(N2CCCC(F)(F)C2)c1)C1CC1. The first-order chi connectivity index (χ1) is 14.1. The first-order valence-electron chi connectivity index (χ1n) is 9.65. The van der Waals surface area contributed by atoms with Crippen molar-refractivity contribution in [2.75, 3.05) is 23.3 Å². The van der Waals surface area contributed by atoms with Gasteiger partial charge in [-0.3, -0.25) is 14.5 Å². The van der Waals surface area contributed by atoms with Gasteiger partial charge in [0.25, 0.3) is 11.8 Å². The second-order valence-corrected chi connectivity index (χ2v) is 9.47. The maximum atomic E-state index is 14.0. The minimum atomic E-state index is -3.51. The third kappa shape index (κ3) is 4.53. The molecule has 2 fully saturated rings. The molecule has 1 aliphatic carbocycles. The van der Waals surface area contributed by atoms with Crippen molar-refractivity contribution in [3.05, 3.63) is 47.0 Å². The van der Waals surface area contributed by atoms with Crippen LogP contribution in [-0.2, 0) is 14.6 Å². The lowest BCUT2D eigenvalue weighted by Gasteiger charge is -2.35. The van der Waals surface area contributed by atoms with Crippen LogP contribution in [0.25, 0.3) is 0 Å². The summed E-state index contributed by atoms with van der Waals surface area (Å²) in [6.45, 7) is -0.191. The molecule has 0 aromatic heterocycles. The van der Waals surface area contributed by atoms with Crippen molar-refractivity contribution in [1.29, 1.82) is 0 Å². The number of hydrogen-bond acceptors (Lipinski definition) is 5. The van der Waals surface area contributed by atoms with Gasteiger partial charge in [0.1, 0.15) is 0 Å². The molecule has 4 rings (SSSR count). The van der Waals surface area contributed by atoms with Crippen LogP contribution in [0.1, 0.15) is 36.0 Å². The Morgan fingerprint density at radius 3 is 2.47 bits per heavy atom. The third-order valence-corrected chi connectivity index (χ3v) is 6.24. The maximum Gasteiger partial charge on any atom is 0.265 e. The van der Waals surface area contributed by atoms with E-state index in [9.17, 15) is 26.8 Å². The van der Waals surface area contributed by atoms with Gasteiger partial charge in [-0.25, -0.2) is 17.2 Å². The normalized spacial score (nSPS) is 22.1. The zero-order valence-corrected chi connectivity index (χ0v) is 16.9. The smallest absolute Gasteiger partial charge is 0.265 e. The number of nitrogens with zero attached hydrogens (tertiary/aromatic N) is 2. The second-order valence-electron chi connectivity index (χ2n) is 7.75. The highest BCUT2D eigenvalue weighted by Crippen LogP contribution is 2.35. The van der Waals surface area contributed by atoms with Gasteiger partial charge in [-0.1, -0.05) is 0 Å². The Morgan fingerprint density at radius 1 is 1.13 bits per heavy atom. The van der Waals surface area contributed by atoms with E-state index in [0.717, 1.165) is 41.0 Å². The number of carbonyl (C=O) groups is 2. The van der Waals surface area contributed by atoms with Gasteiger partial charge in [0, 0.05) is 37.0 Å². The molecule has 1 saturated carbocycles. The van der Waals surface area contributed by atoms with Gasteiger partial charge in [-0.15, -0.1) is 0 Å². The average molecular weight is 437 g/mol. The van der Waals surface area contributed by atoms with Gasteiger partial charge in [-0.2, -0.15) is 0 Å². The number of carbonyl (C=O) groups excluding carboxylic acids is 2. The van der Waals surface area contributed by atoms with E-state index in [2.05, 4.69) is 5.32 Å². The number of amides is 2. The molecule has 160 valence electrons. The summed E-state index contributed by atoms with van der Waals surface area (Å²) in [7, 11) is -3.51. The van der Waals surface area contributed by atoms with Gasteiger partial charge in [0.2, 0.25) is 5.91 Å². The molecule has 0 radical (unpaired) electrons. The average Bonchev–Trinajstić information content (AvgIpc) is 3.52. The van der Waals surface area contributed by atoms with E-state index in [1.165, 1.54) is 17.0 Å².